The average Bonchev–Trinajstić information content (AvgIpc) is 2.48. The molecule has 1 atom stereocenters. The molecule has 7 nitrogen and oxygen atoms in total. The van der Waals surface area contributed by atoms with Crippen LogP contribution in [0.1, 0.15) is 12.8 Å². The van der Waals surface area contributed by atoms with Crippen LogP contribution < -0.4 is 11.5 Å². The Morgan fingerprint density at radius 1 is 1.67 bits per heavy atom. The summed E-state index contributed by atoms with van der Waals surface area (Å²) in [6.07, 6.45) is 0.807. The van der Waals surface area contributed by atoms with Crippen molar-refractivity contribution in [3.8, 4) is 0 Å². The van der Waals surface area contributed by atoms with Crippen molar-refractivity contribution < 1.29 is 14.7 Å². The summed E-state index contributed by atoms with van der Waals surface area (Å²) in [5.74, 6) is -0.996. The molecule has 0 saturated heterocycles. The first-order chi connectivity index (χ1) is 7.02. The topological polar surface area (TPSA) is 122 Å². The van der Waals surface area contributed by atoms with E-state index in [2.05, 4.69) is 4.99 Å². The molecule has 5 N–H and O–H groups in total. The number of carboxylic acids is 1. The van der Waals surface area contributed by atoms with E-state index in [9.17, 15) is 9.59 Å². The SMILES string of the molecule is NC1=NCC(=O)N1CCC[C@H](N)C(=O)O. The number of aliphatic imine (C=N–C) groups is 1. The van der Waals surface area contributed by atoms with Crippen molar-refractivity contribution >= 4 is 17.8 Å². The minimum atomic E-state index is -1.04. The van der Waals surface area contributed by atoms with Gasteiger partial charge in [-0.05, 0) is 12.8 Å². The molecular weight excluding hydrogens is 200 g/mol. The van der Waals surface area contributed by atoms with Crippen LogP contribution in [0.4, 0.5) is 0 Å². The highest BCUT2D eigenvalue weighted by Gasteiger charge is 2.22. The lowest BCUT2D eigenvalue weighted by Gasteiger charge is -2.15. The van der Waals surface area contributed by atoms with E-state index in [-0.39, 0.29) is 18.4 Å². The third-order valence-electron chi connectivity index (χ3n) is 2.17. The molecule has 0 fully saturated rings. The Kier molecular flexibility index (Phi) is 3.62. The zero-order valence-corrected chi connectivity index (χ0v) is 8.22. The number of amides is 1. The molecule has 0 spiro atoms. The fourth-order valence-corrected chi connectivity index (χ4v) is 1.28. The van der Waals surface area contributed by atoms with Gasteiger partial charge in [-0.25, -0.2) is 4.99 Å². The van der Waals surface area contributed by atoms with Gasteiger partial charge < -0.3 is 16.6 Å². The molecule has 0 aromatic carbocycles. The van der Waals surface area contributed by atoms with E-state index < -0.39 is 12.0 Å². The van der Waals surface area contributed by atoms with Crippen LogP contribution in [0.3, 0.4) is 0 Å². The fourth-order valence-electron chi connectivity index (χ4n) is 1.28. The minimum Gasteiger partial charge on any atom is -0.480 e. The summed E-state index contributed by atoms with van der Waals surface area (Å²) in [7, 11) is 0. The Balaban J connectivity index is 2.29. The number of nitrogens with zero attached hydrogens (tertiary/aromatic N) is 2. The summed E-state index contributed by atoms with van der Waals surface area (Å²) in [6.45, 7) is 0.450. The molecule has 0 aromatic rings. The Morgan fingerprint density at radius 3 is 2.80 bits per heavy atom. The Labute approximate surface area is 86.7 Å². The van der Waals surface area contributed by atoms with Crippen LogP contribution in [0.2, 0.25) is 0 Å². The first-order valence-corrected chi connectivity index (χ1v) is 4.61. The van der Waals surface area contributed by atoms with Gasteiger partial charge in [0.15, 0.2) is 5.96 Å². The molecule has 0 radical (unpaired) electrons. The van der Waals surface area contributed by atoms with Gasteiger partial charge >= 0.3 is 5.97 Å². The molecular formula is C8H14N4O3. The normalized spacial score (nSPS) is 17.8. The number of carbonyl (C=O) groups excluding carboxylic acids is 1. The molecule has 1 aliphatic heterocycles. The molecule has 1 amide bonds. The summed E-state index contributed by atoms with van der Waals surface area (Å²) >= 11 is 0. The van der Waals surface area contributed by atoms with Gasteiger partial charge in [-0.3, -0.25) is 14.5 Å². The molecule has 0 aliphatic carbocycles. The second kappa shape index (κ2) is 4.74. The highest BCUT2D eigenvalue weighted by Crippen LogP contribution is 2.03. The molecule has 1 rings (SSSR count). The van der Waals surface area contributed by atoms with E-state index in [1.165, 1.54) is 4.90 Å². The predicted octanol–water partition coefficient (Wildman–Crippen LogP) is -1.66. The maximum absolute atomic E-state index is 11.2. The fraction of sp³-hybridized carbons (Fsp3) is 0.625. The predicted molar refractivity (Wildman–Crippen MR) is 53.0 cm³/mol. The molecule has 84 valence electrons. The second-order valence-corrected chi connectivity index (χ2v) is 3.31. The van der Waals surface area contributed by atoms with Crippen molar-refractivity contribution in [3.05, 3.63) is 0 Å². The first kappa shape index (κ1) is 11.4. The third kappa shape index (κ3) is 2.91. The van der Waals surface area contributed by atoms with E-state index in [0.29, 0.717) is 19.4 Å². The lowest BCUT2D eigenvalue weighted by atomic mass is 10.1. The monoisotopic (exact) mass is 214 g/mol. The van der Waals surface area contributed by atoms with Crippen molar-refractivity contribution in [1.29, 1.82) is 0 Å². The standard InChI is InChI=1S/C8H14N4O3/c9-5(7(14)15)2-1-3-12-6(13)4-11-8(12)10/h5H,1-4,9H2,(H2,10,11)(H,14,15)/t5-/m0/s1. The molecule has 0 bridgehead atoms. The molecule has 0 unspecified atom stereocenters. The molecule has 1 heterocycles. The van der Waals surface area contributed by atoms with Crippen molar-refractivity contribution in [2.75, 3.05) is 13.1 Å². The quantitative estimate of drug-likeness (QED) is 0.505. The van der Waals surface area contributed by atoms with Crippen molar-refractivity contribution in [2.24, 2.45) is 16.5 Å². The highest BCUT2D eigenvalue weighted by atomic mass is 16.4. The van der Waals surface area contributed by atoms with Crippen LogP contribution in [-0.4, -0.2) is 47.0 Å². The van der Waals surface area contributed by atoms with Crippen molar-refractivity contribution in [3.63, 3.8) is 0 Å². The molecule has 1 aliphatic rings. The van der Waals surface area contributed by atoms with Gasteiger partial charge in [0.05, 0.1) is 0 Å². The third-order valence-corrected chi connectivity index (χ3v) is 2.17. The highest BCUT2D eigenvalue weighted by molar-refractivity contribution is 6.02. The first-order valence-electron chi connectivity index (χ1n) is 4.61. The Bertz CT molecular complexity index is 302. The number of guanidine groups is 1. The van der Waals surface area contributed by atoms with Gasteiger partial charge in [0.25, 0.3) is 5.91 Å². The number of hydrogen-bond acceptors (Lipinski definition) is 5. The smallest absolute Gasteiger partial charge is 0.320 e. The molecule has 0 saturated carbocycles. The van der Waals surface area contributed by atoms with Crippen LogP contribution in [0.15, 0.2) is 4.99 Å². The zero-order chi connectivity index (χ0) is 11.4. The zero-order valence-electron chi connectivity index (χ0n) is 8.22. The van der Waals surface area contributed by atoms with E-state index in [0.717, 1.165) is 0 Å². The van der Waals surface area contributed by atoms with Gasteiger partial charge in [0.1, 0.15) is 12.6 Å². The van der Waals surface area contributed by atoms with Gasteiger partial charge in [0, 0.05) is 6.54 Å². The van der Waals surface area contributed by atoms with Gasteiger partial charge in [-0.2, -0.15) is 0 Å². The van der Waals surface area contributed by atoms with Crippen molar-refractivity contribution in [2.45, 2.75) is 18.9 Å². The largest absolute Gasteiger partial charge is 0.480 e. The number of aliphatic carboxylic acids is 1. The Morgan fingerprint density at radius 2 is 2.33 bits per heavy atom. The number of nitrogens with two attached hydrogens (primary N) is 2. The maximum atomic E-state index is 11.2. The van der Waals surface area contributed by atoms with Crippen molar-refractivity contribution in [1.82, 2.24) is 4.90 Å². The van der Waals surface area contributed by atoms with Crippen LogP contribution in [0.25, 0.3) is 0 Å². The molecule has 7 heteroatoms. The number of carbonyl (C=O) groups is 2. The lowest BCUT2D eigenvalue weighted by molar-refractivity contribution is -0.138. The van der Waals surface area contributed by atoms with Crippen LogP contribution in [0.5, 0.6) is 0 Å². The summed E-state index contributed by atoms with van der Waals surface area (Å²) in [5.41, 5.74) is 10.8. The molecule has 15 heavy (non-hydrogen) atoms. The number of hydrogen-bond donors (Lipinski definition) is 3. The average molecular weight is 214 g/mol. The van der Waals surface area contributed by atoms with E-state index in [4.69, 9.17) is 16.6 Å². The van der Waals surface area contributed by atoms with Gasteiger partial charge in [-0.15, -0.1) is 0 Å². The van der Waals surface area contributed by atoms with E-state index >= 15 is 0 Å². The maximum Gasteiger partial charge on any atom is 0.320 e. The van der Waals surface area contributed by atoms with Gasteiger partial charge in [0.2, 0.25) is 0 Å². The number of rotatable bonds is 5. The van der Waals surface area contributed by atoms with Crippen LogP contribution >= 0.6 is 0 Å². The number of carboxylic acid groups (broad SMARTS) is 1. The summed E-state index contributed by atoms with van der Waals surface area (Å²) in [6, 6.07) is -0.888. The van der Waals surface area contributed by atoms with Gasteiger partial charge in [-0.1, -0.05) is 0 Å². The summed E-state index contributed by atoms with van der Waals surface area (Å²) in [5, 5.41) is 8.52. The van der Waals surface area contributed by atoms with E-state index in [1.54, 1.807) is 0 Å². The van der Waals surface area contributed by atoms with Crippen LogP contribution in [0, 0.1) is 0 Å². The second-order valence-electron chi connectivity index (χ2n) is 3.31. The lowest BCUT2D eigenvalue weighted by Crippen LogP contribution is -2.39. The summed E-state index contributed by atoms with van der Waals surface area (Å²) in [4.78, 5) is 26.7. The Hall–Kier alpha value is -1.63. The minimum absolute atomic E-state index is 0.0802. The van der Waals surface area contributed by atoms with Crippen LogP contribution in [-0.2, 0) is 9.59 Å². The van der Waals surface area contributed by atoms with E-state index in [1.807, 2.05) is 0 Å². The molecule has 0 aromatic heterocycles. The summed E-state index contributed by atoms with van der Waals surface area (Å²) < 4.78 is 0.